The van der Waals surface area contributed by atoms with Crippen molar-refractivity contribution in [2.75, 3.05) is 17.1 Å². The van der Waals surface area contributed by atoms with Crippen LogP contribution in [0.25, 0.3) is 22.2 Å². The molecule has 0 bridgehead atoms. The van der Waals surface area contributed by atoms with E-state index in [4.69, 9.17) is 4.74 Å². The van der Waals surface area contributed by atoms with Crippen LogP contribution in [0.5, 0.6) is 5.75 Å². The van der Waals surface area contributed by atoms with Crippen LogP contribution in [-0.2, 0) is 14.8 Å². The molecule has 0 atom stereocenters. The molecule has 2 aromatic heterocycles. The topological polar surface area (TPSA) is 126 Å². The molecule has 0 unspecified atom stereocenters. The number of aromatic amines is 1. The van der Waals surface area contributed by atoms with Crippen molar-refractivity contribution in [3.05, 3.63) is 60.3 Å². The SMILES string of the molecule is COc1ccc(S(=O)(=O)Nc2cc(F)cc(F)c2)cc1-c1cnc2n[nH]c(NC(C)=O)c2c1. The Kier molecular flexibility index (Phi) is 5.68. The van der Waals surface area contributed by atoms with Crippen LogP contribution in [0.3, 0.4) is 0 Å². The Morgan fingerprint density at radius 1 is 1.09 bits per heavy atom. The summed E-state index contributed by atoms with van der Waals surface area (Å²) in [6, 6.07) is 8.13. The van der Waals surface area contributed by atoms with Crippen molar-refractivity contribution in [2.24, 2.45) is 0 Å². The maximum atomic E-state index is 13.5. The number of amides is 1. The number of carbonyl (C=O) groups excluding carboxylic acids is 1. The lowest BCUT2D eigenvalue weighted by Crippen LogP contribution is -2.13. The molecule has 0 fully saturated rings. The molecule has 3 N–H and O–H groups in total. The van der Waals surface area contributed by atoms with Gasteiger partial charge in [0.2, 0.25) is 5.91 Å². The lowest BCUT2D eigenvalue weighted by atomic mass is 10.1. The molecule has 0 radical (unpaired) electrons. The van der Waals surface area contributed by atoms with Crippen LogP contribution in [0.2, 0.25) is 0 Å². The number of fused-ring (bicyclic) bond motifs is 1. The average molecular weight is 473 g/mol. The number of nitrogens with zero attached hydrogens (tertiary/aromatic N) is 2. The number of rotatable bonds is 6. The first-order valence-electron chi connectivity index (χ1n) is 9.45. The predicted molar refractivity (Wildman–Crippen MR) is 117 cm³/mol. The molecule has 12 heteroatoms. The van der Waals surface area contributed by atoms with E-state index in [0.29, 0.717) is 39.8 Å². The second-order valence-corrected chi connectivity index (χ2v) is 8.68. The normalized spacial score (nSPS) is 11.4. The van der Waals surface area contributed by atoms with E-state index in [2.05, 4.69) is 25.2 Å². The second kappa shape index (κ2) is 8.47. The number of ether oxygens (including phenoxy) is 1. The second-order valence-electron chi connectivity index (χ2n) is 7.00. The molecule has 0 saturated heterocycles. The lowest BCUT2D eigenvalue weighted by molar-refractivity contribution is -0.114. The molecule has 4 aromatic rings. The van der Waals surface area contributed by atoms with Gasteiger partial charge in [-0.25, -0.2) is 22.2 Å². The Bertz CT molecular complexity index is 1470. The zero-order valence-corrected chi connectivity index (χ0v) is 18.1. The van der Waals surface area contributed by atoms with Crippen molar-refractivity contribution in [3.8, 4) is 16.9 Å². The van der Waals surface area contributed by atoms with Gasteiger partial charge in [0, 0.05) is 30.3 Å². The first-order valence-corrected chi connectivity index (χ1v) is 10.9. The number of H-pyrrole nitrogens is 1. The van der Waals surface area contributed by atoms with Crippen molar-refractivity contribution in [3.63, 3.8) is 0 Å². The summed E-state index contributed by atoms with van der Waals surface area (Å²) in [5.74, 6) is -1.45. The first kappa shape index (κ1) is 22.1. The van der Waals surface area contributed by atoms with E-state index in [1.165, 1.54) is 38.4 Å². The van der Waals surface area contributed by atoms with Gasteiger partial charge in [-0.05, 0) is 36.4 Å². The van der Waals surface area contributed by atoms with Crippen LogP contribution in [0.1, 0.15) is 6.92 Å². The molecule has 2 heterocycles. The largest absolute Gasteiger partial charge is 0.496 e. The van der Waals surface area contributed by atoms with Crippen LogP contribution in [0.4, 0.5) is 20.3 Å². The molecule has 0 aliphatic rings. The standard InChI is InChI=1S/C21H17F2N5O4S/c1-11(29)25-21-18-5-12(10-24-20(18)26-27-21)17-9-16(3-4-19(17)32-2)33(30,31)28-15-7-13(22)6-14(23)8-15/h3-10,28H,1-2H3,(H2,24,25,26,27,29). The van der Waals surface area contributed by atoms with Gasteiger partial charge in [-0.1, -0.05) is 0 Å². The predicted octanol–water partition coefficient (Wildman–Crippen LogP) is 3.67. The molecule has 0 saturated carbocycles. The van der Waals surface area contributed by atoms with E-state index < -0.39 is 21.7 Å². The first-order chi connectivity index (χ1) is 15.7. The van der Waals surface area contributed by atoms with Crippen molar-refractivity contribution in [1.29, 1.82) is 0 Å². The summed E-state index contributed by atoms with van der Waals surface area (Å²) < 4.78 is 60.2. The highest BCUT2D eigenvalue weighted by Crippen LogP contribution is 2.34. The molecule has 170 valence electrons. The van der Waals surface area contributed by atoms with Crippen molar-refractivity contribution < 1.29 is 26.7 Å². The Balaban J connectivity index is 1.77. The number of sulfonamides is 1. The van der Waals surface area contributed by atoms with Gasteiger partial charge in [-0.3, -0.25) is 14.6 Å². The highest BCUT2D eigenvalue weighted by atomic mass is 32.2. The lowest BCUT2D eigenvalue weighted by Gasteiger charge is -2.13. The molecule has 9 nitrogen and oxygen atoms in total. The van der Waals surface area contributed by atoms with Crippen LogP contribution in [0, 0.1) is 11.6 Å². The zero-order chi connectivity index (χ0) is 23.8. The number of hydrogen-bond acceptors (Lipinski definition) is 6. The third kappa shape index (κ3) is 4.60. The number of pyridine rings is 1. The van der Waals surface area contributed by atoms with E-state index in [1.807, 2.05) is 0 Å². The van der Waals surface area contributed by atoms with Gasteiger partial charge in [0.05, 0.1) is 23.1 Å². The summed E-state index contributed by atoms with van der Waals surface area (Å²) in [6.45, 7) is 1.35. The monoisotopic (exact) mass is 473 g/mol. The number of nitrogens with one attached hydrogen (secondary N) is 3. The Morgan fingerprint density at radius 3 is 2.48 bits per heavy atom. The van der Waals surface area contributed by atoms with Gasteiger partial charge >= 0.3 is 0 Å². The van der Waals surface area contributed by atoms with E-state index in [9.17, 15) is 22.0 Å². The van der Waals surface area contributed by atoms with Crippen LogP contribution in [0.15, 0.2) is 53.6 Å². The number of carbonyl (C=O) groups is 1. The Labute approximate surface area is 186 Å². The van der Waals surface area contributed by atoms with Crippen LogP contribution < -0.4 is 14.8 Å². The number of halogens is 2. The number of aromatic nitrogens is 3. The van der Waals surface area contributed by atoms with Gasteiger partial charge in [0.1, 0.15) is 23.2 Å². The fraction of sp³-hybridized carbons (Fsp3) is 0.0952. The minimum atomic E-state index is -4.19. The fourth-order valence-corrected chi connectivity index (χ4v) is 4.29. The molecular weight excluding hydrogens is 456 g/mol. The van der Waals surface area contributed by atoms with Crippen molar-refractivity contribution in [2.45, 2.75) is 11.8 Å². The van der Waals surface area contributed by atoms with Crippen molar-refractivity contribution in [1.82, 2.24) is 15.2 Å². The van der Waals surface area contributed by atoms with E-state index in [1.54, 1.807) is 6.07 Å². The van der Waals surface area contributed by atoms with Gasteiger partial charge < -0.3 is 10.1 Å². The Hall–Kier alpha value is -4.06. The van der Waals surface area contributed by atoms with Gasteiger partial charge in [0.25, 0.3) is 10.0 Å². The molecule has 1 amide bonds. The third-order valence-corrected chi connectivity index (χ3v) is 6.00. The van der Waals surface area contributed by atoms with Gasteiger partial charge in [0.15, 0.2) is 5.65 Å². The number of hydrogen-bond donors (Lipinski definition) is 3. The molecule has 33 heavy (non-hydrogen) atoms. The van der Waals surface area contributed by atoms with Crippen molar-refractivity contribution >= 4 is 38.5 Å². The van der Waals surface area contributed by atoms with Crippen LogP contribution in [-0.4, -0.2) is 36.6 Å². The van der Waals surface area contributed by atoms with Gasteiger partial charge in [-0.15, -0.1) is 0 Å². The molecule has 0 aliphatic heterocycles. The third-order valence-electron chi connectivity index (χ3n) is 4.62. The summed E-state index contributed by atoms with van der Waals surface area (Å²) >= 11 is 0. The quantitative estimate of drug-likeness (QED) is 0.392. The minimum absolute atomic E-state index is 0.169. The average Bonchev–Trinajstić information content (AvgIpc) is 3.13. The molecule has 2 aromatic carbocycles. The molecule has 0 aliphatic carbocycles. The zero-order valence-electron chi connectivity index (χ0n) is 17.3. The van der Waals surface area contributed by atoms with Gasteiger partial charge in [-0.2, -0.15) is 5.10 Å². The number of methoxy groups -OCH3 is 1. The summed E-state index contributed by atoms with van der Waals surface area (Å²) in [4.78, 5) is 15.5. The fourth-order valence-electron chi connectivity index (χ4n) is 3.22. The summed E-state index contributed by atoms with van der Waals surface area (Å²) in [7, 11) is -2.77. The minimum Gasteiger partial charge on any atom is -0.496 e. The molecular formula is C21H17F2N5O4S. The Morgan fingerprint density at radius 2 is 1.82 bits per heavy atom. The van der Waals surface area contributed by atoms with Crippen LogP contribution >= 0.6 is 0 Å². The van der Waals surface area contributed by atoms with E-state index >= 15 is 0 Å². The smallest absolute Gasteiger partial charge is 0.261 e. The molecule has 4 rings (SSSR count). The molecule has 0 spiro atoms. The number of benzene rings is 2. The number of anilines is 2. The summed E-state index contributed by atoms with van der Waals surface area (Å²) in [5.41, 5.74) is 0.961. The highest BCUT2D eigenvalue weighted by molar-refractivity contribution is 7.92. The maximum Gasteiger partial charge on any atom is 0.261 e. The van der Waals surface area contributed by atoms with E-state index in [-0.39, 0.29) is 16.5 Å². The summed E-state index contributed by atoms with van der Waals surface area (Å²) in [6.07, 6.45) is 1.48. The maximum absolute atomic E-state index is 13.5. The highest BCUT2D eigenvalue weighted by Gasteiger charge is 2.19. The summed E-state index contributed by atoms with van der Waals surface area (Å²) in [5, 5.41) is 9.82. The van der Waals surface area contributed by atoms with E-state index in [0.717, 1.165) is 12.1 Å².